The molecule has 1 aromatic rings. The molecule has 8 heteroatoms. The van der Waals surface area contributed by atoms with Gasteiger partial charge in [0, 0.05) is 31.7 Å². The lowest BCUT2D eigenvalue weighted by molar-refractivity contribution is -0.384. The molecule has 0 bridgehead atoms. The second kappa shape index (κ2) is 5.51. The molecule has 0 spiro atoms. The van der Waals surface area contributed by atoms with E-state index in [0.717, 1.165) is 12.1 Å². The van der Waals surface area contributed by atoms with Gasteiger partial charge in [0.15, 0.2) is 0 Å². The van der Waals surface area contributed by atoms with Gasteiger partial charge in [-0.1, -0.05) is 11.6 Å². The fourth-order valence-electron chi connectivity index (χ4n) is 2.08. The van der Waals surface area contributed by atoms with Crippen LogP contribution in [0.2, 0.25) is 5.02 Å². The van der Waals surface area contributed by atoms with E-state index in [4.69, 9.17) is 16.3 Å². The second-order valence-corrected chi connectivity index (χ2v) is 5.17. The Morgan fingerprint density at radius 3 is 2.95 bits per heavy atom. The van der Waals surface area contributed by atoms with Gasteiger partial charge < -0.3 is 15.2 Å². The molecule has 0 aromatic heterocycles. The van der Waals surface area contributed by atoms with Gasteiger partial charge in [-0.3, -0.25) is 10.1 Å². The number of anilines is 1. The van der Waals surface area contributed by atoms with Crippen LogP contribution in [0.4, 0.5) is 15.8 Å². The molecule has 0 radical (unpaired) electrons. The molecule has 0 aliphatic carbocycles. The van der Waals surface area contributed by atoms with Crippen molar-refractivity contribution < 1.29 is 19.2 Å². The summed E-state index contributed by atoms with van der Waals surface area (Å²) in [6.45, 7) is 2.15. The van der Waals surface area contributed by atoms with Crippen molar-refractivity contribution in [1.29, 1.82) is 0 Å². The number of hydrogen-bond donors (Lipinski definition) is 2. The highest BCUT2D eigenvalue weighted by Crippen LogP contribution is 2.32. The average Bonchev–Trinajstić information content (AvgIpc) is 2.71. The van der Waals surface area contributed by atoms with Gasteiger partial charge in [-0.2, -0.15) is 0 Å². The number of nitrogens with one attached hydrogen (secondary N) is 1. The first-order valence-electron chi connectivity index (χ1n) is 6.05. The number of nitrogens with zero attached hydrogens (tertiary/aromatic N) is 1. The van der Waals surface area contributed by atoms with E-state index >= 15 is 0 Å². The number of hydrogen-bond acceptors (Lipinski definition) is 5. The van der Waals surface area contributed by atoms with E-state index < -0.39 is 22.4 Å². The molecule has 1 saturated heterocycles. The Kier molecular flexibility index (Phi) is 4.12. The highest BCUT2D eigenvalue weighted by molar-refractivity contribution is 6.31. The quantitative estimate of drug-likeness (QED) is 0.659. The van der Waals surface area contributed by atoms with Crippen LogP contribution in [-0.2, 0) is 4.74 Å². The number of aliphatic hydroxyl groups is 1. The van der Waals surface area contributed by atoms with Crippen LogP contribution in [0, 0.1) is 15.9 Å². The van der Waals surface area contributed by atoms with E-state index in [1.54, 1.807) is 6.92 Å². The molecule has 1 aliphatic rings. The van der Waals surface area contributed by atoms with Crippen molar-refractivity contribution in [2.45, 2.75) is 25.0 Å². The van der Waals surface area contributed by atoms with Gasteiger partial charge in [-0.25, -0.2) is 4.39 Å². The number of benzene rings is 1. The summed E-state index contributed by atoms with van der Waals surface area (Å²) in [4.78, 5) is 10.3. The van der Waals surface area contributed by atoms with Gasteiger partial charge in [0.1, 0.15) is 17.1 Å². The third-order valence-electron chi connectivity index (χ3n) is 3.48. The van der Waals surface area contributed by atoms with E-state index in [9.17, 15) is 19.6 Å². The molecule has 1 aliphatic heterocycles. The van der Waals surface area contributed by atoms with Crippen LogP contribution in [0.5, 0.6) is 0 Å². The maximum absolute atomic E-state index is 13.4. The van der Waals surface area contributed by atoms with Crippen molar-refractivity contribution in [3.63, 3.8) is 0 Å². The molecule has 2 N–H and O–H groups in total. The topological polar surface area (TPSA) is 84.6 Å². The molecular weight excluding hydrogens is 291 g/mol. The largest absolute Gasteiger partial charge is 0.385 e. The Bertz CT molecular complexity index is 542. The van der Waals surface area contributed by atoms with Gasteiger partial charge in [-0.05, 0) is 6.92 Å². The van der Waals surface area contributed by atoms with Crippen LogP contribution < -0.4 is 5.32 Å². The van der Waals surface area contributed by atoms with Crippen LogP contribution in [0.3, 0.4) is 0 Å². The predicted octanol–water partition coefficient (Wildman–Crippen LogP) is 2.34. The third kappa shape index (κ3) is 2.84. The van der Waals surface area contributed by atoms with Crippen LogP contribution in [0.25, 0.3) is 0 Å². The number of halogens is 2. The molecule has 1 heterocycles. The van der Waals surface area contributed by atoms with Crippen molar-refractivity contribution in [2.75, 3.05) is 18.5 Å². The average molecular weight is 305 g/mol. The molecule has 2 unspecified atom stereocenters. The van der Waals surface area contributed by atoms with Crippen molar-refractivity contribution >= 4 is 23.0 Å². The first-order valence-corrected chi connectivity index (χ1v) is 6.42. The maximum Gasteiger partial charge on any atom is 0.294 e. The van der Waals surface area contributed by atoms with Crippen LogP contribution in [0.1, 0.15) is 13.3 Å². The summed E-state index contributed by atoms with van der Waals surface area (Å²) in [7, 11) is 0. The number of rotatable bonds is 4. The summed E-state index contributed by atoms with van der Waals surface area (Å²) in [5.41, 5.74) is -1.50. The zero-order chi connectivity index (χ0) is 14.9. The Morgan fingerprint density at radius 1 is 1.70 bits per heavy atom. The molecule has 1 aromatic carbocycles. The molecule has 0 saturated carbocycles. The Balaban J connectivity index is 2.21. The lowest BCUT2D eigenvalue weighted by Gasteiger charge is -2.26. The molecule has 0 amide bonds. The SMILES string of the molecule is CC1OCCC1(O)CNc1cc(F)c(Cl)cc1[N+](=O)[O-]. The van der Waals surface area contributed by atoms with Crippen LogP contribution >= 0.6 is 11.6 Å². The number of nitro groups is 1. The molecule has 2 atom stereocenters. The standard InChI is InChI=1S/C12H14ClFN2O4/c1-7-12(17,2-3-20-7)6-15-10-5-9(14)8(13)4-11(10)16(18)19/h4-5,7,15,17H,2-3,6H2,1H3. The summed E-state index contributed by atoms with van der Waals surface area (Å²) in [5, 5.41) is 23.6. The first-order chi connectivity index (χ1) is 9.33. The van der Waals surface area contributed by atoms with E-state index in [1.807, 2.05) is 0 Å². The van der Waals surface area contributed by atoms with Crippen molar-refractivity contribution in [2.24, 2.45) is 0 Å². The summed E-state index contributed by atoms with van der Waals surface area (Å²) < 4.78 is 18.7. The van der Waals surface area contributed by atoms with E-state index in [2.05, 4.69) is 5.32 Å². The highest BCUT2D eigenvalue weighted by Gasteiger charge is 2.39. The fraction of sp³-hybridized carbons (Fsp3) is 0.500. The van der Waals surface area contributed by atoms with Gasteiger partial charge in [-0.15, -0.1) is 0 Å². The van der Waals surface area contributed by atoms with E-state index in [-0.39, 0.29) is 22.9 Å². The summed E-state index contributed by atoms with van der Waals surface area (Å²) in [6, 6.07) is 1.89. The summed E-state index contributed by atoms with van der Waals surface area (Å²) >= 11 is 5.53. The van der Waals surface area contributed by atoms with E-state index in [0.29, 0.717) is 13.0 Å². The zero-order valence-corrected chi connectivity index (χ0v) is 11.5. The maximum atomic E-state index is 13.4. The molecule has 110 valence electrons. The van der Waals surface area contributed by atoms with Crippen molar-refractivity contribution in [3.8, 4) is 0 Å². The smallest absolute Gasteiger partial charge is 0.294 e. The van der Waals surface area contributed by atoms with E-state index in [1.165, 1.54) is 0 Å². The predicted molar refractivity (Wildman–Crippen MR) is 71.5 cm³/mol. The minimum absolute atomic E-state index is 0.0237. The summed E-state index contributed by atoms with van der Waals surface area (Å²) in [5.74, 6) is -0.762. The lowest BCUT2D eigenvalue weighted by Crippen LogP contribution is -2.43. The number of ether oxygens (including phenoxy) is 1. The Hall–Kier alpha value is -1.44. The normalized spacial score (nSPS) is 25.7. The molecule has 20 heavy (non-hydrogen) atoms. The highest BCUT2D eigenvalue weighted by atomic mass is 35.5. The Labute approximate surface area is 119 Å². The third-order valence-corrected chi connectivity index (χ3v) is 3.77. The number of nitro benzene ring substituents is 1. The first kappa shape index (κ1) is 15.0. The van der Waals surface area contributed by atoms with Crippen LogP contribution in [-0.4, -0.2) is 34.9 Å². The minimum Gasteiger partial charge on any atom is -0.385 e. The molecule has 6 nitrogen and oxygen atoms in total. The fourth-order valence-corrected chi connectivity index (χ4v) is 2.24. The lowest BCUT2D eigenvalue weighted by atomic mass is 9.96. The second-order valence-electron chi connectivity index (χ2n) is 4.76. The van der Waals surface area contributed by atoms with Gasteiger partial charge in [0.05, 0.1) is 16.0 Å². The molecule has 1 fully saturated rings. The molecule has 2 rings (SSSR count). The summed E-state index contributed by atoms with van der Waals surface area (Å²) in [6.07, 6.45) is 0.0107. The zero-order valence-electron chi connectivity index (χ0n) is 10.7. The Morgan fingerprint density at radius 2 is 2.40 bits per heavy atom. The van der Waals surface area contributed by atoms with Gasteiger partial charge in [0.2, 0.25) is 0 Å². The van der Waals surface area contributed by atoms with Crippen molar-refractivity contribution in [1.82, 2.24) is 0 Å². The van der Waals surface area contributed by atoms with Gasteiger partial charge >= 0.3 is 0 Å². The molecular formula is C12H14ClFN2O4. The van der Waals surface area contributed by atoms with Crippen molar-refractivity contribution in [3.05, 3.63) is 33.1 Å². The van der Waals surface area contributed by atoms with Crippen LogP contribution in [0.15, 0.2) is 12.1 Å². The monoisotopic (exact) mass is 304 g/mol. The van der Waals surface area contributed by atoms with Gasteiger partial charge in [0.25, 0.3) is 5.69 Å². The minimum atomic E-state index is -1.13.